The molecule has 0 aromatic heterocycles. The molecule has 55 heavy (non-hydrogen) atoms. The van der Waals surface area contributed by atoms with Gasteiger partial charge in [-0.2, -0.15) is 0 Å². The van der Waals surface area contributed by atoms with Gasteiger partial charge in [-0.3, -0.25) is 9.59 Å². The van der Waals surface area contributed by atoms with E-state index < -0.39 is 30.9 Å². The van der Waals surface area contributed by atoms with Crippen molar-refractivity contribution in [2.75, 3.05) is 13.2 Å². The molecule has 0 spiro atoms. The first-order valence-corrected chi connectivity index (χ1v) is 22.8. The maximum atomic E-state index is 12.2. The summed E-state index contributed by atoms with van der Waals surface area (Å²) in [6.45, 7) is 6.19. The van der Waals surface area contributed by atoms with E-state index in [1.807, 2.05) is 12.2 Å². The van der Waals surface area contributed by atoms with E-state index in [1.54, 1.807) is 0 Å². The summed E-state index contributed by atoms with van der Waals surface area (Å²) in [5.41, 5.74) is 0. The first-order chi connectivity index (χ1) is 26.8. The van der Waals surface area contributed by atoms with Crippen LogP contribution in [0.1, 0.15) is 207 Å². The molecule has 0 aromatic rings. The molecule has 7 nitrogen and oxygen atoms in total. The van der Waals surface area contributed by atoms with Crippen molar-refractivity contribution in [2.45, 2.75) is 225 Å². The second kappa shape index (κ2) is 41.4. The summed E-state index contributed by atoms with van der Waals surface area (Å²) < 4.78 is 10.5. The Bertz CT molecular complexity index is 971. The second-order valence-corrected chi connectivity index (χ2v) is 15.7. The highest BCUT2D eigenvalue weighted by Gasteiger charge is 2.18. The topological polar surface area (TPSA) is 113 Å². The summed E-state index contributed by atoms with van der Waals surface area (Å²) in [6, 6.07) is 0. The summed E-state index contributed by atoms with van der Waals surface area (Å²) in [4.78, 5) is 24.4. The van der Waals surface area contributed by atoms with E-state index in [0.29, 0.717) is 19.3 Å². The molecular weight excluding hydrogens is 689 g/mol. The van der Waals surface area contributed by atoms with Crippen LogP contribution < -0.4 is 0 Å². The van der Waals surface area contributed by atoms with Gasteiger partial charge in [-0.05, 0) is 57.3 Å². The number of unbranched alkanes of at least 4 members (excludes halogenated alkanes) is 17. The number of ether oxygens (including phenoxy) is 2. The van der Waals surface area contributed by atoms with Crippen molar-refractivity contribution in [1.82, 2.24) is 0 Å². The van der Waals surface area contributed by atoms with Crippen LogP contribution in [0.2, 0.25) is 0 Å². The highest BCUT2D eigenvalue weighted by molar-refractivity contribution is 5.70. The lowest BCUT2D eigenvalue weighted by Crippen LogP contribution is -2.29. The van der Waals surface area contributed by atoms with Crippen LogP contribution in [0.5, 0.6) is 0 Å². The quantitative estimate of drug-likeness (QED) is 0.0323. The van der Waals surface area contributed by atoms with Crippen LogP contribution in [0.15, 0.2) is 48.6 Å². The Labute approximate surface area is 338 Å². The SMILES string of the molecule is CC/C=C\C/C=C\C/C=C\C/C=C\C[C@@H](O)[C@H](O)CCCC(=O)O[C@@H](CO)COC(=O)CCCCCCCCCCCCCCCCCCCCC(C)CC. The molecule has 0 fully saturated rings. The van der Waals surface area contributed by atoms with Gasteiger partial charge in [0.15, 0.2) is 6.10 Å². The van der Waals surface area contributed by atoms with Crippen LogP contribution in [-0.4, -0.2) is 58.8 Å². The molecule has 320 valence electrons. The number of allylic oxidation sites excluding steroid dienone is 7. The molecule has 0 aliphatic heterocycles. The van der Waals surface area contributed by atoms with Crippen molar-refractivity contribution in [1.29, 1.82) is 0 Å². The van der Waals surface area contributed by atoms with Crippen molar-refractivity contribution in [3.63, 3.8) is 0 Å². The van der Waals surface area contributed by atoms with Gasteiger partial charge in [-0.1, -0.05) is 191 Å². The molecule has 1 unspecified atom stereocenters. The standard InChI is InChI=1S/C48H86O7/c1-4-6-7-8-9-10-11-21-24-27-30-33-37-45(50)46(51)38-35-40-48(53)55-44(41-49)42-54-47(52)39-34-31-28-25-22-19-17-15-13-12-14-16-18-20-23-26-29-32-36-43(3)5-2/h6-7,9-10,21,24,30,33,43-46,49-51H,4-5,8,11-20,22-23,25-29,31-32,34-42H2,1-3H3/b7-6-,10-9-,24-21-,33-30-/t43?,44-,45+,46+/m0/s1. The van der Waals surface area contributed by atoms with Gasteiger partial charge in [-0.15, -0.1) is 0 Å². The van der Waals surface area contributed by atoms with Crippen LogP contribution in [0.3, 0.4) is 0 Å². The molecule has 0 heterocycles. The monoisotopic (exact) mass is 775 g/mol. The van der Waals surface area contributed by atoms with Gasteiger partial charge in [0, 0.05) is 12.8 Å². The third kappa shape index (κ3) is 38.4. The lowest BCUT2D eigenvalue weighted by atomic mass is 9.99. The van der Waals surface area contributed by atoms with Crippen LogP contribution in [0, 0.1) is 5.92 Å². The Morgan fingerprint density at radius 3 is 1.44 bits per heavy atom. The predicted molar refractivity (Wildman–Crippen MR) is 231 cm³/mol. The molecule has 4 atom stereocenters. The minimum atomic E-state index is -0.947. The summed E-state index contributed by atoms with van der Waals surface area (Å²) in [5, 5.41) is 30.1. The summed E-state index contributed by atoms with van der Waals surface area (Å²) in [6.07, 6.45) is 45.0. The van der Waals surface area contributed by atoms with Crippen molar-refractivity contribution in [2.24, 2.45) is 5.92 Å². The van der Waals surface area contributed by atoms with E-state index in [4.69, 9.17) is 9.47 Å². The average Bonchev–Trinajstić information content (AvgIpc) is 3.18. The Morgan fingerprint density at radius 2 is 0.964 bits per heavy atom. The summed E-state index contributed by atoms with van der Waals surface area (Å²) >= 11 is 0. The fraction of sp³-hybridized carbons (Fsp3) is 0.792. The van der Waals surface area contributed by atoms with E-state index in [2.05, 4.69) is 57.2 Å². The van der Waals surface area contributed by atoms with Gasteiger partial charge in [0.1, 0.15) is 6.61 Å². The lowest BCUT2D eigenvalue weighted by molar-refractivity contribution is -0.161. The first-order valence-electron chi connectivity index (χ1n) is 22.8. The number of hydrogen-bond donors (Lipinski definition) is 3. The van der Waals surface area contributed by atoms with E-state index in [1.165, 1.54) is 109 Å². The lowest BCUT2D eigenvalue weighted by Gasteiger charge is -2.17. The zero-order valence-corrected chi connectivity index (χ0v) is 35.8. The fourth-order valence-corrected chi connectivity index (χ4v) is 6.44. The Balaban J connectivity index is 3.70. The van der Waals surface area contributed by atoms with Crippen molar-refractivity contribution < 1.29 is 34.4 Å². The average molecular weight is 775 g/mol. The largest absolute Gasteiger partial charge is 0.462 e. The van der Waals surface area contributed by atoms with Crippen molar-refractivity contribution >= 4 is 11.9 Å². The number of carbonyl (C=O) groups excluding carboxylic acids is 2. The molecule has 0 amide bonds. The molecular formula is C48H86O7. The molecule has 0 aliphatic rings. The van der Waals surface area contributed by atoms with Crippen LogP contribution in [-0.2, 0) is 19.1 Å². The minimum Gasteiger partial charge on any atom is -0.462 e. The van der Waals surface area contributed by atoms with Gasteiger partial charge in [0.05, 0.1) is 18.8 Å². The third-order valence-electron chi connectivity index (χ3n) is 10.4. The second-order valence-electron chi connectivity index (χ2n) is 15.7. The zero-order valence-electron chi connectivity index (χ0n) is 35.8. The molecule has 0 saturated heterocycles. The Hall–Kier alpha value is -2.22. The van der Waals surface area contributed by atoms with Gasteiger partial charge >= 0.3 is 11.9 Å². The number of aliphatic hydroxyl groups is 3. The van der Waals surface area contributed by atoms with Gasteiger partial charge in [-0.25, -0.2) is 0 Å². The van der Waals surface area contributed by atoms with Crippen molar-refractivity contribution in [3.05, 3.63) is 48.6 Å². The molecule has 0 bridgehead atoms. The smallest absolute Gasteiger partial charge is 0.306 e. The normalized spacial score (nSPS) is 14.4. The van der Waals surface area contributed by atoms with Gasteiger partial charge in [0.25, 0.3) is 0 Å². The van der Waals surface area contributed by atoms with Crippen LogP contribution >= 0.6 is 0 Å². The maximum absolute atomic E-state index is 12.2. The zero-order chi connectivity index (χ0) is 40.5. The van der Waals surface area contributed by atoms with Crippen LogP contribution in [0.4, 0.5) is 0 Å². The maximum Gasteiger partial charge on any atom is 0.306 e. The van der Waals surface area contributed by atoms with Gasteiger partial charge < -0.3 is 24.8 Å². The number of hydrogen-bond acceptors (Lipinski definition) is 7. The van der Waals surface area contributed by atoms with E-state index in [0.717, 1.165) is 50.9 Å². The predicted octanol–water partition coefficient (Wildman–Crippen LogP) is 12.4. The summed E-state index contributed by atoms with van der Waals surface area (Å²) in [7, 11) is 0. The van der Waals surface area contributed by atoms with E-state index >= 15 is 0 Å². The number of rotatable bonds is 40. The molecule has 0 aromatic carbocycles. The highest BCUT2D eigenvalue weighted by Crippen LogP contribution is 2.17. The Kier molecular flexibility index (Phi) is 39.7. The number of esters is 2. The van der Waals surface area contributed by atoms with Crippen molar-refractivity contribution in [3.8, 4) is 0 Å². The summed E-state index contributed by atoms with van der Waals surface area (Å²) in [5.74, 6) is 0.0310. The minimum absolute atomic E-state index is 0.0389. The highest BCUT2D eigenvalue weighted by atomic mass is 16.6. The number of carbonyl (C=O) groups is 2. The molecule has 0 rings (SSSR count). The molecule has 0 radical (unpaired) electrons. The molecule has 0 saturated carbocycles. The Morgan fingerprint density at radius 1 is 0.527 bits per heavy atom. The van der Waals surface area contributed by atoms with Gasteiger partial charge in [0.2, 0.25) is 0 Å². The third-order valence-corrected chi connectivity index (χ3v) is 10.4. The molecule has 3 N–H and O–H groups in total. The van der Waals surface area contributed by atoms with E-state index in [-0.39, 0.29) is 25.4 Å². The number of aliphatic hydroxyl groups excluding tert-OH is 3. The fourth-order valence-electron chi connectivity index (χ4n) is 6.44. The van der Waals surface area contributed by atoms with Crippen LogP contribution in [0.25, 0.3) is 0 Å². The first kappa shape index (κ1) is 52.8. The molecule has 0 aliphatic carbocycles. The molecule has 7 heteroatoms. The van der Waals surface area contributed by atoms with E-state index in [9.17, 15) is 24.9 Å².